The second-order valence-electron chi connectivity index (χ2n) is 4.62. The van der Waals surface area contributed by atoms with E-state index in [2.05, 4.69) is 10.2 Å². The summed E-state index contributed by atoms with van der Waals surface area (Å²) in [5.41, 5.74) is 7.30. The van der Waals surface area contributed by atoms with Gasteiger partial charge in [0.25, 0.3) is 0 Å². The van der Waals surface area contributed by atoms with E-state index in [1.165, 1.54) is 17.8 Å². The van der Waals surface area contributed by atoms with Crippen molar-refractivity contribution in [1.82, 2.24) is 14.8 Å². The fourth-order valence-corrected chi connectivity index (χ4v) is 2.84. The van der Waals surface area contributed by atoms with Gasteiger partial charge in [-0.3, -0.25) is 0 Å². The molecular formula is C13H17FN4S. The van der Waals surface area contributed by atoms with Crippen molar-refractivity contribution in [3.63, 3.8) is 0 Å². The van der Waals surface area contributed by atoms with E-state index in [1.807, 2.05) is 31.5 Å². The van der Waals surface area contributed by atoms with Crippen LogP contribution in [0.4, 0.5) is 4.39 Å². The Kier molecular flexibility index (Phi) is 3.91. The molecule has 1 aromatic carbocycles. The molecule has 0 aliphatic carbocycles. The van der Waals surface area contributed by atoms with Crippen molar-refractivity contribution in [1.29, 1.82) is 0 Å². The van der Waals surface area contributed by atoms with Crippen LogP contribution in [0.1, 0.15) is 29.9 Å². The summed E-state index contributed by atoms with van der Waals surface area (Å²) in [6.07, 6.45) is 0. The zero-order valence-corrected chi connectivity index (χ0v) is 12.3. The molecule has 1 aromatic heterocycles. The Labute approximate surface area is 116 Å². The molecule has 0 spiro atoms. The molecular weight excluding hydrogens is 263 g/mol. The molecule has 1 heterocycles. The predicted octanol–water partition coefficient (Wildman–Crippen LogP) is 2.74. The highest BCUT2D eigenvalue weighted by molar-refractivity contribution is 7.99. The van der Waals surface area contributed by atoms with Crippen LogP contribution >= 0.6 is 11.8 Å². The maximum absolute atomic E-state index is 13.6. The van der Waals surface area contributed by atoms with Gasteiger partial charge in [0.15, 0.2) is 5.16 Å². The zero-order chi connectivity index (χ0) is 14.2. The predicted molar refractivity (Wildman–Crippen MR) is 73.6 cm³/mol. The van der Waals surface area contributed by atoms with Gasteiger partial charge in [0, 0.05) is 18.0 Å². The van der Waals surface area contributed by atoms with Gasteiger partial charge < -0.3 is 10.3 Å². The van der Waals surface area contributed by atoms with Crippen LogP contribution in [-0.2, 0) is 7.05 Å². The standard InChI is InChI=1S/C13H17FN4S/c1-7-5-12(10(8(2)15)6-11(7)14)19-13-17-16-9(3)18(13)4/h5-6,8H,15H2,1-4H3/t8-/m0/s1. The van der Waals surface area contributed by atoms with Gasteiger partial charge >= 0.3 is 0 Å². The second-order valence-corrected chi connectivity index (χ2v) is 5.63. The van der Waals surface area contributed by atoms with E-state index in [9.17, 15) is 4.39 Å². The molecule has 19 heavy (non-hydrogen) atoms. The number of hydrogen-bond donors (Lipinski definition) is 1. The van der Waals surface area contributed by atoms with E-state index in [0.29, 0.717) is 5.56 Å². The lowest BCUT2D eigenvalue weighted by Crippen LogP contribution is -2.08. The maximum Gasteiger partial charge on any atom is 0.195 e. The lowest BCUT2D eigenvalue weighted by molar-refractivity contribution is 0.610. The summed E-state index contributed by atoms with van der Waals surface area (Å²) in [5.74, 6) is 0.606. The van der Waals surface area contributed by atoms with E-state index in [1.54, 1.807) is 6.92 Å². The highest BCUT2D eigenvalue weighted by Gasteiger charge is 2.15. The minimum absolute atomic E-state index is 0.230. The lowest BCUT2D eigenvalue weighted by Gasteiger charge is -2.13. The van der Waals surface area contributed by atoms with Gasteiger partial charge in [0.2, 0.25) is 0 Å². The number of hydrogen-bond acceptors (Lipinski definition) is 4. The topological polar surface area (TPSA) is 56.7 Å². The van der Waals surface area contributed by atoms with E-state index in [0.717, 1.165) is 21.4 Å². The molecule has 2 aromatic rings. The van der Waals surface area contributed by atoms with Crippen molar-refractivity contribution in [2.45, 2.75) is 36.9 Å². The fraction of sp³-hybridized carbons (Fsp3) is 0.385. The van der Waals surface area contributed by atoms with Gasteiger partial charge in [-0.15, -0.1) is 10.2 Å². The van der Waals surface area contributed by atoms with Crippen LogP contribution in [0.5, 0.6) is 0 Å². The largest absolute Gasteiger partial charge is 0.324 e. The molecule has 0 amide bonds. The number of benzene rings is 1. The molecule has 0 fully saturated rings. The SMILES string of the molecule is Cc1cc(Sc2nnc(C)n2C)c([C@H](C)N)cc1F. The quantitative estimate of drug-likeness (QED) is 0.939. The monoisotopic (exact) mass is 280 g/mol. The fourth-order valence-electron chi connectivity index (χ4n) is 1.69. The number of rotatable bonds is 3. The summed E-state index contributed by atoms with van der Waals surface area (Å²) < 4.78 is 15.5. The first kappa shape index (κ1) is 14.0. The van der Waals surface area contributed by atoms with Crippen LogP contribution in [0.3, 0.4) is 0 Å². The minimum Gasteiger partial charge on any atom is -0.324 e. The molecule has 0 aliphatic heterocycles. The Morgan fingerprint density at radius 3 is 2.53 bits per heavy atom. The Morgan fingerprint density at radius 1 is 1.32 bits per heavy atom. The zero-order valence-electron chi connectivity index (χ0n) is 11.4. The number of halogens is 1. The lowest BCUT2D eigenvalue weighted by atomic mass is 10.1. The van der Waals surface area contributed by atoms with Gasteiger partial charge in [-0.1, -0.05) is 0 Å². The third kappa shape index (κ3) is 2.79. The van der Waals surface area contributed by atoms with Crippen LogP contribution < -0.4 is 5.73 Å². The van der Waals surface area contributed by atoms with Crippen LogP contribution in [-0.4, -0.2) is 14.8 Å². The van der Waals surface area contributed by atoms with Gasteiger partial charge in [-0.25, -0.2) is 4.39 Å². The highest BCUT2D eigenvalue weighted by atomic mass is 32.2. The average molecular weight is 280 g/mol. The van der Waals surface area contributed by atoms with Crippen molar-refractivity contribution in [3.05, 3.63) is 34.9 Å². The normalized spacial score (nSPS) is 12.7. The summed E-state index contributed by atoms with van der Waals surface area (Å²) in [6, 6.07) is 3.08. The van der Waals surface area contributed by atoms with Crippen molar-refractivity contribution in [2.75, 3.05) is 0 Å². The number of aromatic nitrogens is 3. The van der Waals surface area contributed by atoms with Crippen LogP contribution in [0, 0.1) is 19.7 Å². The molecule has 2 rings (SSSR count). The molecule has 0 saturated heterocycles. The van der Waals surface area contributed by atoms with E-state index in [4.69, 9.17) is 5.73 Å². The number of nitrogens with zero attached hydrogens (tertiary/aromatic N) is 3. The summed E-state index contributed by atoms with van der Waals surface area (Å²) >= 11 is 1.46. The summed E-state index contributed by atoms with van der Waals surface area (Å²) in [5, 5.41) is 8.89. The molecule has 102 valence electrons. The number of nitrogens with two attached hydrogens (primary N) is 1. The van der Waals surface area contributed by atoms with Crippen molar-refractivity contribution >= 4 is 11.8 Å². The van der Waals surface area contributed by atoms with E-state index in [-0.39, 0.29) is 11.9 Å². The molecule has 6 heteroatoms. The Hall–Kier alpha value is -1.40. The first-order valence-electron chi connectivity index (χ1n) is 5.99. The molecule has 0 radical (unpaired) electrons. The average Bonchev–Trinajstić information content (AvgIpc) is 2.65. The minimum atomic E-state index is -0.231. The van der Waals surface area contributed by atoms with Gasteiger partial charge in [0.1, 0.15) is 11.6 Å². The third-order valence-electron chi connectivity index (χ3n) is 3.04. The molecule has 2 N–H and O–H groups in total. The Bertz CT molecular complexity index is 607. The third-order valence-corrected chi connectivity index (χ3v) is 4.15. The first-order chi connectivity index (χ1) is 8.90. The highest BCUT2D eigenvalue weighted by Crippen LogP contribution is 2.33. The molecule has 4 nitrogen and oxygen atoms in total. The molecule has 0 unspecified atom stereocenters. The smallest absolute Gasteiger partial charge is 0.195 e. The maximum atomic E-state index is 13.6. The Balaban J connectivity index is 2.44. The van der Waals surface area contributed by atoms with Gasteiger partial charge in [-0.05, 0) is 55.8 Å². The van der Waals surface area contributed by atoms with E-state index >= 15 is 0 Å². The van der Waals surface area contributed by atoms with Crippen molar-refractivity contribution in [3.8, 4) is 0 Å². The van der Waals surface area contributed by atoms with E-state index < -0.39 is 0 Å². The molecule has 1 atom stereocenters. The van der Waals surface area contributed by atoms with Gasteiger partial charge in [-0.2, -0.15) is 0 Å². The number of aryl methyl sites for hydroxylation is 2. The van der Waals surface area contributed by atoms with Crippen LogP contribution in [0.2, 0.25) is 0 Å². The molecule has 0 aliphatic rings. The van der Waals surface area contributed by atoms with Crippen LogP contribution in [0.25, 0.3) is 0 Å². The summed E-state index contributed by atoms with van der Waals surface area (Å²) in [6.45, 7) is 5.47. The van der Waals surface area contributed by atoms with Crippen molar-refractivity contribution in [2.24, 2.45) is 12.8 Å². The second kappa shape index (κ2) is 5.30. The molecule has 0 bridgehead atoms. The first-order valence-corrected chi connectivity index (χ1v) is 6.81. The van der Waals surface area contributed by atoms with Crippen LogP contribution in [0.15, 0.2) is 22.2 Å². The summed E-state index contributed by atoms with van der Waals surface area (Å²) in [7, 11) is 1.90. The van der Waals surface area contributed by atoms with Gasteiger partial charge in [0.05, 0.1) is 0 Å². The molecule has 0 saturated carbocycles. The Morgan fingerprint density at radius 2 is 2.00 bits per heavy atom. The summed E-state index contributed by atoms with van der Waals surface area (Å²) in [4.78, 5) is 0.921. The van der Waals surface area contributed by atoms with Crippen molar-refractivity contribution < 1.29 is 4.39 Å².